The van der Waals surface area contributed by atoms with E-state index in [2.05, 4.69) is 61.0 Å². The zero-order chi connectivity index (χ0) is 26.2. The van der Waals surface area contributed by atoms with E-state index in [0.29, 0.717) is 25.0 Å². The van der Waals surface area contributed by atoms with Crippen LogP contribution in [0.15, 0.2) is 67.1 Å². The number of likely N-dealkylation sites (tertiary alicyclic amines) is 1. The molecule has 0 radical (unpaired) electrons. The minimum atomic E-state index is 0.0433. The minimum Gasteiger partial charge on any atom is -0.340 e. The van der Waals surface area contributed by atoms with Crippen LogP contribution in [0.5, 0.6) is 0 Å². The SMILES string of the molecule is O=C(C1CCN1C1CCNCC1)N1Cc2ccc(-c3nccc(Nc4ccc(-c5cn[nH]c5)cc4)n3)cc2C1. The highest BCUT2D eigenvalue weighted by molar-refractivity contribution is 5.83. The van der Waals surface area contributed by atoms with Gasteiger partial charge in [0.2, 0.25) is 5.91 Å². The van der Waals surface area contributed by atoms with E-state index in [1.165, 1.54) is 11.1 Å². The Morgan fingerprint density at radius 1 is 0.923 bits per heavy atom. The molecule has 198 valence electrons. The van der Waals surface area contributed by atoms with Gasteiger partial charge in [0.15, 0.2) is 5.82 Å². The van der Waals surface area contributed by atoms with Crippen molar-refractivity contribution in [1.29, 1.82) is 0 Å². The second-order valence-corrected chi connectivity index (χ2v) is 10.7. The number of benzene rings is 2. The third-order valence-electron chi connectivity index (χ3n) is 8.27. The number of amides is 1. The fourth-order valence-electron chi connectivity index (χ4n) is 6.02. The van der Waals surface area contributed by atoms with Crippen LogP contribution in [-0.4, -0.2) is 67.6 Å². The van der Waals surface area contributed by atoms with Crippen molar-refractivity contribution >= 4 is 17.4 Å². The second kappa shape index (κ2) is 10.2. The lowest BCUT2D eigenvalue weighted by molar-refractivity contribution is -0.144. The number of aromatic nitrogens is 4. The summed E-state index contributed by atoms with van der Waals surface area (Å²) in [6.07, 6.45) is 8.71. The van der Waals surface area contributed by atoms with E-state index in [1.807, 2.05) is 35.5 Å². The van der Waals surface area contributed by atoms with Gasteiger partial charge in [0.25, 0.3) is 0 Å². The van der Waals surface area contributed by atoms with E-state index in [-0.39, 0.29) is 11.9 Å². The van der Waals surface area contributed by atoms with Crippen LogP contribution < -0.4 is 10.6 Å². The lowest BCUT2D eigenvalue weighted by Crippen LogP contribution is -2.61. The molecular weight excluding hydrogens is 488 g/mol. The van der Waals surface area contributed by atoms with Crippen molar-refractivity contribution < 1.29 is 4.79 Å². The molecule has 9 nitrogen and oxygen atoms in total. The van der Waals surface area contributed by atoms with Crippen molar-refractivity contribution in [1.82, 2.24) is 35.3 Å². The molecule has 0 saturated carbocycles. The summed E-state index contributed by atoms with van der Waals surface area (Å²) in [4.78, 5) is 27.2. The van der Waals surface area contributed by atoms with Crippen LogP contribution in [0, 0.1) is 0 Å². The Morgan fingerprint density at radius 3 is 2.51 bits per heavy atom. The molecule has 3 N–H and O–H groups in total. The lowest BCUT2D eigenvalue weighted by atomic mass is 9.94. The number of carbonyl (C=O) groups excluding carboxylic acids is 1. The van der Waals surface area contributed by atoms with Crippen molar-refractivity contribution in [3.05, 3.63) is 78.2 Å². The molecule has 5 heterocycles. The highest BCUT2D eigenvalue weighted by atomic mass is 16.2. The molecule has 0 spiro atoms. The van der Waals surface area contributed by atoms with Gasteiger partial charge in [0, 0.05) is 54.9 Å². The summed E-state index contributed by atoms with van der Waals surface area (Å²) in [7, 11) is 0. The first-order chi connectivity index (χ1) is 19.2. The Bertz CT molecular complexity index is 1460. The first-order valence-corrected chi connectivity index (χ1v) is 13.8. The van der Waals surface area contributed by atoms with Crippen molar-refractivity contribution in [2.75, 3.05) is 25.0 Å². The average molecular weight is 521 g/mol. The van der Waals surface area contributed by atoms with Crippen molar-refractivity contribution in [3.8, 4) is 22.5 Å². The summed E-state index contributed by atoms with van der Waals surface area (Å²) >= 11 is 0. The molecule has 0 bridgehead atoms. The predicted octanol–water partition coefficient (Wildman–Crippen LogP) is 3.95. The maximum absolute atomic E-state index is 13.4. The molecular formula is C30H32N8O. The molecule has 2 aromatic carbocycles. The topological polar surface area (TPSA) is 102 Å². The van der Waals surface area contributed by atoms with Gasteiger partial charge >= 0.3 is 0 Å². The Kier molecular flexibility index (Phi) is 6.30. The zero-order valence-corrected chi connectivity index (χ0v) is 21.8. The summed E-state index contributed by atoms with van der Waals surface area (Å²) in [5.74, 6) is 1.67. The first kappa shape index (κ1) is 24.0. The molecule has 7 rings (SSSR count). The molecule has 4 aromatic rings. The number of carbonyl (C=O) groups is 1. The Hall–Kier alpha value is -4.08. The predicted molar refractivity (Wildman–Crippen MR) is 150 cm³/mol. The molecule has 0 aliphatic carbocycles. The number of fused-ring (bicyclic) bond motifs is 1. The highest BCUT2D eigenvalue weighted by Gasteiger charge is 2.41. The van der Waals surface area contributed by atoms with Gasteiger partial charge in [-0.3, -0.25) is 14.8 Å². The third kappa shape index (κ3) is 4.79. The molecule has 2 saturated heterocycles. The maximum Gasteiger partial charge on any atom is 0.240 e. The Labute approximate surface area is 227 Å². The van der Waals surface area contributed by atoms with Gasteiger partial charge in [-0.2, -0.15) is 5.10 Å². The van der Waals surface area contributed by atoms with Crippen molar-refractivity contribution in [2.45, 2.75) is 44.4 Å². The maximum atomic E-state index is 13.4. The van der Waals surface area contributed by atoms with Crippen LogP contribution in [0.25, 0.3) is 22.5 Å². The smallest absolute Gasteiger partial charge is 0.240 e. The molecule has 2 fully saturated rings. The van der Waals surface area contributed by atoms with Gasteiger partial charge in [0.1, 0.15) is 5.82 Å². The van der Waals surface area contributed by atoms with Crippen LogP contribution in [0.3, 0.4) is 0 Å². The van der Waals surface area contributed by atoms with E-state index < -0.39 is 0 Å². The van der Waals surface area contributed by atoms with Crippen LogP contribution >= 0.6 is 0 Å². The van der Waals surface area contributed by atoms with Gasteiger partial charge < -0.3 is 15.5 Å². The summed E-state index contributed by atoms with van der Waals surface area (Å²) in [6.45, 7) is 4.48. The summed E-state index contributed by atoms with van der Waals surface area (Å²) in [6, 6.07) is 17.0. The molecule has 2 aromatic heterocycles. The second-order valence-electron chi connectivity index (χ2n) is 10.7. The number of hydrogen-bond donors (Lipinski definition) is 3. The van der Waals surface area contributed by atoms with Gasteiger partial charge in [-0.15, -0.1) is 0 Å². The minimum absolute atomic E-state index is 0.0433. The standard InChI is InChI=1S/C30H32N8O/c39-30(27-10-14-38(27)26-7-11-31-12-8-26)37-18-22-2-1-21(15-23(22)19-37)29-32-13-9-28(36-29)35-25-5-3-20(4-6-25)24-16-33-34-17-24/h1-6,9,13,15-17,26-27,31H,7-8,10-12,14,18-19H2,(H,33,34)(H,32,35,36). The van der Waals surface area contributed by atoms with Gasteiger partial charge in [-0.25, -0.2) is 9.97 Å². The van der Waals surface area contributed by atoms with E-state index in [1.54, 1.807) is 6.20 Å². The summed E-state index contributed by atoms with van der Waals surface area (Å²) < 4.78 is 0. The monoisotopic (exact) mass is 520 g/mol. The lowest BCUT2D eigenvalue weighted by Gasteiger charge is -2.47. The molecule has 3 aliphatic heterocycles. The normalized spacial score (nSPS) is 19.5. The van der Waals surface area contributed by atoms with Crippen LogP contribution in [-0.2, 0) is 17.9 Å². The number of nitrogens with one attached hydrogen (secondary N) is 3. The zero-order valence-electron chi connectivity index (χ0n) is 21.8. The molecule has 1 unspecified atom stereocenters. The number of H-pyrrole nitrogens is 1. The van der Waals surface area contributed by atoms with Gasteiger partial charge in [0.05, 0.1) is 12.2 Å². The number of anilines is 2. The Morgan fingerprint density at radius 2 is 1.74 bits per heavy atom. The van der Waals surface area contributed by atoms with Gasteiger partial charge in [-0.05, 0) is 73.3 Å². The molecule has 1 atom stereocenters. The van der Waals surface area contributed by atoms with E-state index in [9.17, 15) is 4.79 Å². The molecule has 9 heteroatoms. The number of hydrogen-bond acceptors (Lipinski definition) is 7. The highest BCUT2D eigenvalue weighted by Crippen LogP contribution is 2.32. The van der Waals surface area contributed by atoms with Crippen LogP contribution in [0.2, 0.25) is 0 Å². The van der Waals surface area contributed by atoms with Crippen LogP contribution in [0.4, 0.5) is 11.5 Å². The quantitative estimate of drug-likeness (QED) is 0.354. The molecule has 39 heavy (non-hydrogen) atoms. The fraction of sp³-hybridized carbons (Fsp3) is 0.333. The summed E-state index contributed by atoms with van der Waals surface area (Å²) in [5, 5.41) is 13.7. The van der Waals surface area contributed by atoms with Gasteiger partial charge in [-0.1, -0.05) is 24.3 Å². The number of piperidine rings is 1. The third-order valence-corrected chi connectivity index (χ3v) is 8.27. The number of aromatic amines is 1. The number of nitrogens with zero attached hydrogens (tertiary/aromatic N) is 5. The Balaban J connectivity index is 1.02. The van der Waals surface area contributed by atoms with Crippen molar-refractivity contribution in [3.63, 3.8) is 0 Å². The van der Waals surface area contributed by atoms with Crippen LogP contribution in [0.1, 0.15) is 30.4 Å². The largest absolute Gasteiger partial charge is 0.340 e. The molecule has 1 amide bonds. The number of rotatable bonds is 6. The summed E-state index contributed by atoms with van der Waals surface area (Å²) in [5.41, 5.74) is 6.46. The fourth-order valence-corrected chi connectivity index (χ4v) is 6.02. The van der Waals surface area contributed by atoms with E-state index in [4.69, 9.17) is 4.98 Å². The average Bonchev–Trinajstić information content (AvgIpc) is 3.64. The van der Waals surface area contributed by atoms with Crippen molar-refractivity contribution in [2.24, 2.45) is 0 Å². The van der Waals surface area contributed by atoms with E-state index in [0.717, 1.165) is 67.1 Å². The van der Waals surface area contributed by atoms with E-state index >= 15 is 0 Å². The molecule has 3 aliphatic rings. The first-order valence-electron chi connectivity index (χ1n) is 13.8.